The van der Waals surface area contributed by atoms with Crippen molar-refractivity contribution in [2.24, 2.45) is 0 Å². The van der Waals surface area contributed by atoms with Crippen molar-refractivity contribution >= 4 is 11.9 Å². The van der Waals surface area contributed by atoms with Crippen molar-refractivity contribution in [3.05, 3.63) is 35.9 Å². The van der Waals surface area contributed by atoms with Gasteiger partial charge in [-0.25, -0.2) is 4.79 Å². The van der Waals surface area contributed by atoms with E-state index in [0.717, 1.165) is 25.1 Å². The van der Waals surface area contributed by atoms with E-state index in [0.29, 0.717) is 32.8 Å². The van der Waals surface area contributed by atoms with Crippen LogP contribution >= 0.6 is 0 Å². The highest BCUT2D eigenvalue weighted by molar-refractivity contribution is 5.85. The molecule has 2 aliphatic heterocycles. The lowest BCUT2D eigenvalue weighted by molar-refractivity contribution is -0.136. The normalized spacial score (nSPS) is 19.0. The Labute approximate surface area is 136 Å². The van der Waals surface area contributed by atoms with Crippen molar-refractivity contribution in [2.45, 2.75) is 12.3 Å². The standard InChI is InChI=1S/C17H23N3O3/c21-16(19-9-11-23-12-10-19)15(14-5-2-1-3-6-14)13-18-17(22)20-7-4-8-20/h1-3,5-6,15H,4,7-13H2,(H,18,22)/t15-/m1/s1. The smallest absolute Gasteiger partial charge is 0.317 e. The number of amides is 3. The summed E-state index contributed by atoms with van der Waals surface area (Å²) >= 11 is 0. The third kappa shape index (κ3) is 3.82. The summed E-state index contributed by atoms with van der Waals surface area (Å²) in [7, 11) is 0. The molecule has 0 saturated carbocycles. The third-order valence-electron chi connectivity index (χ3n) is 4.42. The van der Waals surface area contributed by atoms with Crippen LogP contribution in [-0.2, 0) is 9.53 Å². The summed E-state index contributed by atoms with van der Waals surface area (Å²) in [5.41, 5.74) is 0.938. The average Bonchev–Trinajstić information content (AvgIpc) is 2.55. The second kappa shape index (κ2) is 7.46. The van der Waals surface area contributed by atoms with Gasteiger partial charge in [0, 0.05) is 32.7 Å². The second-order valence-electron chi connectivity index (χ2n) is 5.93. The zero-order valence-electron chi connectivity index (χ0n) is 13.2. The number of urea groups is 1. The Morgan fingerprint density at radius 3 is 2.35 bits per heavy atom. The second-order valence-corrected chi connectivity index (χ2v) is 5.93. The molecule has 0 unspecified atom stereocenters. The minimum atomic E-state index is -0.348. The van der Waals surface area contributed by atoms with E-state index in [1.54, 1.807) is 4.90 Å². The van der Waals surface area contributed by atoms with E-state index in [4.69, 9.17) is 4.74 Å². The van der Waals surface area contributed by atoms with Gasteiger partial charge in [0.1, 0.15) is 0 Å². The van der Waals surface area contributed by atoms with E-state index in [1.807, 2.05) is 35.2 Å². The topological polar surface area (TPSA) is 61.9 Å². The van der Waals surface area contributed by atoms with Crippen LogP contribution in [0.15, 0.2) is 30.3 Å². The predicted octanol–water partition coefficient (Wildman–Crippen LogP) is 1.04. The van der Waals surface area contributed by atoms with Crippen molar-refractivity contribution in [3.8, 4) is 0 Å². The number of ether oxygens (including phenoxy) is 1. The van der Waals surface area contributed by atoms with Gasteiger partial charge >= 0.3 is 6.03 Å². The highest BCUT2D eigenvalue weighted by Gasteiger charge is 2.28. The summed E-state index contributed by atoms with van der Waals surface area (Å²) in [6.45, 7) is 4.32. The van der Waals surface area contributed by atoms with Crippen molar-refractivity contribution in [1.82, 2.24) is 15.1 Å². The summed E-state index contributed by atoms with van der Waals surface area (Å²) in [6.07, 6.45) is 1.06. The molecule has 2 saturated heterocycles. The first kappa shape index (κ1) is 15.8. The molecule has 6 heteroatoms. The van der Waals surface area contributed by atoms with Crippen LogP contribution in [-0.4, -0.2) is 67.7 Å². The lowest BCUT2D eigenvalue weighted by Crippen LogP contribution is -2.50. The molecule has 6 nitrogen and oxygen atoms in total. The van der Waals surface area contributed by atoms with E-state index in [1.165, 1.54) is 0 Å². The molecule has 1 aromatic rings. The number of rotatable bonds is 4. The van der Waals surface area contributed by atoms with Crippen molar-refractivity contribution < 1.29 is 14.3 Å². The van der Waals surface area contributed by atoms with Crippen molar-refractivity contribution in [3.63, 3.8) is 0 Å². The molecule has 0 aliphatic carbocycles. The minimum absolute atomic E-state index is 0.0587. The van der Waals surface area contributed by atoms with Crippen LogP contribution in [0.5, 0.6) is 0 Å². The number of nitrogens with one attached hydrogen (secondary N) is 1. The number of morpholine rings is 1. The van der Waals surface area contributed by atoms with Gasteiger partial charge in [0.15, 0.2) is 0 Å². The molecule has 0 spiro atoms. The Morgan fingerprint density at radius 1 is 1.04 bits per heavy atom. The summed E-state index contributed by atoms with van der Waals surface area (Å²) in [5, 5.41) is 2.91. The van der Waals surface area contributed by atoms with Gasteiger partial charge in [0.25, 0.3) is 0 Å². The van der Waals surface area contributed by atoms with E-state index < -0.39 is 0 Å². The van der Waals surface area contributed by atoms with Crippen LogP contribution in [0.1, 0.15) is 17.9 Å². The number of hydrogen-bond donors (Lipinski definition) is 1. The molecule has 23 heavy (non-hydrogen) atoms. The molecule has 3 rings (SSSR count). The van der Waals surface area contributed by atoms with Gasteiger partial charge in [-0.3, -0.25) is 4.79 Å². The summed E-state index contributed by atoms with van der Waals surface area (Å²) in [6, 6.07) is 9.58. The number of carbonyl (C=O) groups excluding carboxylic acids is 2. The highest BCUT2D eigenvalue weighted by Crippen LogP contribution is 2.19. The molecule has 1 N–H and O–H groups in total. The Bertz CT molecular complexity index is 539. The maximum Gasteiger partial charge on any atom is 0.317 e. The highest BCUT2D eigenvalue weighted by atomic mass is 16.5. The fourth-order valence-electron chi connectivity index (χ4n) is 2.86. The molecule has 3 amide bonds. The molecule has 2 aliphatic rings. The molecular formula is C17H23N3O3. The number of nitrogens with zero attached hydrogens (tertiary/aromatic N) is 2. The maximum absolute atomic E-state index is 12.9. The van der Waals surface area contributed by atoms with Gasteiger partial charge in [-0.05, 0) is 12.0 Å². The first-order valence-corrected chi connectivity index (χ1v) is 8.20. The van der Waals surface area contributed by atoms with E-state index in [9.17, 15) is 9.59 Å². The lowest BCUT2D eigenvalue weighted by atomic mass is 9.97. The lowest BCUT2D eigenvalue weighted by Gasteiger charge is -2.33. The molecule has 0 aromatic heterocycles. The molecule has 2 heterocycles. The van der Waals surface area contributed by atoms with Crippen LogP contribution in [0.2, 0.25) is 0 Å². The van der Waals surface area contributed by atoms with E-state index >= 15 is 0 Å². The van der Waals surface area contributed by atoms with Gasteiger partial charge < -0.3 is 19.9 Å². The molecule has 2 fully saturated rings. The molecule has 124 valence electrons. The van der Waals surface area contributed by atoms with Gasteiger partial charge in [0.05, 0.1) is 19.1 Å². The fourth-order valence-corrected chi connectivity index (χ4v) is 2.86. The number of hydrogen-bond acceptors (Lipinski definition) is 3. The Hall–Kier alpha value is -2.08. The predicted molar refractivity (Wildman–Crippen MR) is 86.2 cm³/mol. The first-order valence-electron chi connectivity index (χ1n) is 8.20. The van der Waals surface area contributed by atoms with Crippen LogP contribution in [0.4, 0.5) is 4.79 Å². The minimum Gasteiger partial charge on any atom is -0.378 e. The van der Waals surface area contributed by atoms with Gasteiger partial charge in [-0.15, -0.1) is 0 Å². The zero-order valence-corrected chi connectivity index (χ0v) is 13.2. The van der Waals surface area contributed by atoms with Crippen LogP contribution < -0.4 is 5.32 Å². The van der Waals surface area contributed by atoms with Crippen LogP contribution in [0.3, 0.4) is 0 Å². The number of benzene rings is 1. The van der Waals surface area contributed by atoms with Gasteiger partial charge in [-0.1, -0.05) is 30.3 Å². The summed E-state index contributed by atoms with van der Waals surface area (Å²) in [5.74, 6) is -0.289. The third-order valence-corrected chi connectivity index (χ3v) is 4.42. The summed E-state index contributed by atoms with van der Waals surface area (Å²) in [4.78, 5) is 28.5. The van der Waals surface area contributed by atoms with Crippen LogP contribution in [0, 0.1) is 0 Å². The van der Waals surface area contributed by atoms with Crippen molar-refractivity contribution in [1.29, 1.82) is 0 Å². The Kier molecular flexibility index (Phi) is 5.12. The number of likely N-dealkylation sites (tertiary alicyclic amines) is 1. The van der Waals surface area contributed by atoms with Crippen LogP contribution in [0.25, 0.3) is 0 Å². The molecule has 1 aromatic carbocycles. The maximum atomic E-state index is 12.9. The summed E-state index contributed by atoms with van der Waals surface area (Å²) < 4.78 is 5.32. The average molecular weight is 317 g/mol. The van der Waals surface area contributed by atoms with Crippen molar-refractivity contribution in [2.75, 3.05) is 45.9 Å². The quantitative estimate of drug-likeness (QED) is 0.903. The Balaban J connectivity index is 1.68. The fraction of sp³-hybridized carbons (Fsp3) is 0.529. The Morgan fingerprint density at radius 2 is 1.74 bits per heavy atom. The molecule has 0 radical (unpaired) electrons. The number of carbonyl (C=O) groups is 2. The zero-order chi connectivity index (χ0) is 16.1. The van der Waals surface area contributed by atoms with E-state index in [2.05, 4.69) is 5.32 Å². The molecule has 1 atom stereocenters. The largest absolute Gasteiger partial charge is 0.378 e. The monoisotopic (exact) mass is 317 g/mol. The van der Waals surface area contributed by atoms with E-state index in [-0.39, 0.29) is 17.9 Å². The first-order chi connectivity index (χ1) is 11.3. The SMILES string of the molecule is O=C(NC[C@@H](C(=O)N1CCOCC1)c1ccccc1)N1CCC1. The molecular weight excluding hydrogens is 294 g/mol. The molecule has 0 bridgehead atoms. The van der Waals surface area contributed by atoms with Gasteiger partial charge in [-0.2, -0.15) is 0 Å². The van der Waals surface area contributed by atoms with Gasteiger partial charge in [0.2, 0.25) is 5.91 Å².